The summed E-state index contributed by atoms with van der Waals surface area (Å²) in [7, 11) is 0. The van der Waals surface area contributed by atoms with Crippen molar-refractivity contribution in [1.29, 1.82) is 0 Å². The minimum Gasteiger partial charge on any atom is -0.438 e. The molecular formula is C16H12N6O2. The van der Waals surface area contributed by atoms with Gasteiger partial charge in [-0.2, -0.15) is 10.1 Å². The van der Waals surface area contributed by atoms with Crippen LogP contribution in [0.15, 0.2) is 65.8 Å². The van der Waals surface area contributed by atoms with Gasteiger partial charge < -0.3 is 9.26 Å². The van der Waals surface area contributed by atoms with Crippen molar-refractivity contribution >= 4 is 0 Å². The van der Waals surface area contributed by atoms with Gasteiger partial charge in [0, 0.05) is 6.20 Å². The Morgan fingerprint density at radius 1 is 1.08 bits per heavy atom. The fourth-order valence-electron chi connectivity index (χ4n) is 2.12. The zero-order chi connectivity index (χ0) is 16.2. The summed E-state index contributed by atoms with van der Waals surface area (Å²) in [5.74, 6) is 1.93. The van der Waals surface area contributed by atoms with Gasteiger partial charge in [-0.1, -0.05) is 23.4 Å². The largest absolute Gasteiger partial charge is 0.438 e. The average Bonchev–Trinajstić information content (AvgIpc) is 3.29. The first-order valence-corrected chi connectivity index (χ1v) is 7.22. The lowest BCUT2D eigenvalue weighted by molar-refractivity contribution is 0.365. The molecule has 118 valence electrons. The van der Waals surface area contributed by atoms with Crippen LogP contribution in [0.5, 0.6) is 11.6 Å². The molecule has 4 rings (SSSR count). The van der Waals surface area contributed by atoms with Crippen LogP contribution in [-0.4, -0.2) is 29.9 Å². The third-order valence-electron chi connectivity index (χ3n) is 3.20. The van der Waals surface area contributed by atoms with Crippen LogP contribution < -0.4 is 4.74 Å². The molecule has 4 aromatic rings. The fourth-order valence-corrected chi connectivity index (χ4v) is 2.12. The number of hydrogen-bond acceptors (Lipinski definition) is 7. The van der Waals surface area contributed by atoms with Crippen LogP contribution in [-0.2, 0) is 6.54 Å². The van der Waals surface area contributed by atoms with E-state index in [4.69, 9.17) is 9.26 Å². The molecule has 0 saturated heterocycles. The molecule has 0 aliphatic carbocycles. The Morgan fingerprint density at radius 2 is 2.00 bits per heavy atom. The summed E-state index contributed by atoms with van der Waals surface area (Å²) in [6, 6.07) is 13.0. The lowest BCUT2D eigenvalue weighted by atomic mass is 10.2. The van der Waals surface area contributed by atoms with Crippen molar-refractivity contribution in [3.63, 3.8) is 0 Å². The Bertz CT molecular complexity index is 921. The first kappa shape index (κ1) is 14.1. The maximum atomic E-state index is 5.82. The molecule has 24 heavy (non-hydrogen) atoms. The van der Waals surface area contributed by atoms with Crippen LogP contribution in [0.4, 0.5) is 0 Å². The maximum Gasteiger partial charge on any atom is 0.248 e. The molecule has 0 saturated carbocycles. The van der Waals surface area contributed by atoms with Crippen LogP contribution in [0.3, 0.4) is 0 Å². The van der Waals surface area contributed by atoms with Crippen LogP contribution in [0.25, 0.3) is 11.4 Å². The van der Waals surface area contributed by atoms with E-state index in [-0.39, 0.29) is 0 Å². The number of benzene rings is 1. The number of nitrogens with zero attached hydrogens (tertiary/aromatic N) is 6. The van der Waals surface area contributed by atoms with Crippen molar-refractivity contribution in [2.45, 2.75) is 6.54 Å². The monoisotopic (exact) mass is 320 g/mol. The van der Waals surface area contributed by atoms with E-state index in [1.54, 1.807) is 23.3 Å². The second-order valence-electron chi connectivity index (χ2n) is 4.88. The van der Waals surface area contributed by atoms with E-state index in [0.717, 1.165) is 0 Å². The highest BCUT2D eigenvalue weighted by molar-refractivity contribution is 5.61. The molecule has 1 aromatic carbocycles. The highest BCUT2D eigenvalue weighted by Crippen LogP contribution is 2.29. The Labute approximate surface area is 136 Å². The Morgan fingerprint density at radius 3 is 2.83 bits per heavy atom. The van der Waals surface area contributed by atoms with Gasteiger partial charge in [-0.05, 0) is 24.3 Å². The van der Waals surface area contributed by atoms with E-state index < -0.39 is 0 Å². The number of ether oxygens (including phenoxy) is 1. The molecule has 0 N–H and O–H groups in total. The van der Waals surface area contributed by atoms with E-state index in [9.17, 15) is 0 Å². The van der Waals surface area contributed by atoms with Crippen LogP contribution >= 0.6 is 0 Å². The third kappa shape index (κ3) is 2.98. The molecule has 0 fully saturated rings. The molecule has 3 aromatic heterocycles. The molecular weight excluding hydrogens is 308 g/mol. The first-order chi connectivity index (χ1) is 11.9. The highest BCUT2D eigenvalue weighted by atomic mass is 16.5. The van der Waals surface area contributed by atoms with Crippen molar-refractivity contribution in [1.82, 2.24) is 29.9 Å². The second kappa shape index (κ2) is 6.29. The minimum atomic E-state index is 0.349. The fraction of sp³-hybridized carbons (Fsp3) is 0.0625. The zero-order valence-electron chi connectivity index (χ0n) is 12.5. The molecule has 0 radical (unpaired) electrons. The first-order valence-electron chi connectivity index (χ1n) is 7.22. The number of aromatic nitrogens is 6. The second-order valence-corrected chi connectivity index (χ2v) is 4.88. The molecule has 3 heterocycles. The summed E-state index contributed by atoms with van der Waals surface area (Å²) in [6.45, 7) is 0.349. The molecule has 0 atom stereocenters. The van der Waals surface area contributed by atoms with E-state index in [1.807, 2.05) is 36.4 Å². The van der Waals surface area contributed by atoms with Gasteiger partial charge in [0.25, 0.3) is 0 Å². The Hall–Kier alpha value is -3.55. The smallest absolute Gasteiger partial charge is 0.248 e. The number of hydrogen-bond donors (Lipinski definition) is 0. The lowest BCUT2D eigenvalue weighted by Gasteiger charge is -2.06. The standard InChI is InChI=1S/C16H12N6O2/c1-2-5-12(6-3-1)23-16-13(7-4-8-18-16)15-20-14(24-21-15)9-22-11-17-10-19-22/h1-8,10-11H,9H2. The van der Waals surface area contributed by atoms with E-state index in [1.165, 1.54) is 6.33 Å². The highest BCUT2D eigenvalue weighted by Gasteiger charge is 2.15. The van der Waals surface area contributed by atoms with Crippen molar-refractivity contribution in [3.8, 4) is 23.0 Å². The summed E-state index contributed by atoms with van der Waals surface area (Å²) in [5, 5.41) is 8.01. The summed E-state index contributed by atoms with van der Waals surface area (Å²) >= 11 is 0. The summed E-state index contributed by atoms with van der Waals surface area (Å²) in [5.41, 5.74) is 0.648. The van der Waals surface area contributed by atoms with Crippen molar-refractivity contribution in [2.75, 3.05) is 0 Å². The summed E-state index contributed by atoms with van der Waals surface area (Å²) in [6.07, 6.45) is 4.68. The summed E-state index contributed by atoms with van der Waals surface area (Å²) in [4.78, 5) is 12.5. The van der Waals surface area contributed by atoms with Crippen LogP contribution in [0.2, 0.25) is 0 Å². The minimum absolute atomic E-state index is 0.349. The number of para-hydroxylation sites is 1. The van der Waals surface area contributed by atoms with Gasteiger partial charge in [0.1, 0.15) is 24.9 Å². The Balaban J connectivity index is 1.61. The maximum absolute atomic E-state index is 5.82. The van der Waals surface area contributed by atoms with E-state index in [0.29, 0.717) is 35.5 Å². The van der Waals surface area contributed by atoms with Gasteiger partial charge in [0.2, 0.25) is 17.6 Å². The SMILES string of the molecule is c1ccc(Oc2ncccc2-c2noc(Cn3cncn3)n2)cc1. The van der Waals surface area contributed by atoms with Gasteiger partial charge in [0.15, 0.2) is 0 Å². The van der Waals surface area contributed by atoms with Crippen molar-refractivity contribution < 1.29 is 9.26 Å². The molecule has 0 unspecified atom stereocenters. The molecule has 0 spiro atoms. The molecule has 8 nitrogen and oxygen atoms in total. The predicted molar refractivity (Wildman–Crippen MR) is 83.2 cm³/mol. The molecule has 0 amide bonds. The van der Waals surface area contributed by atoms with Gasteiger partial charge >= 0.3 is 0 Å². The van der Waals surface area contributed by atoms with Crippen molar-refractivity contribution in [2.24, 2.45) is 0 Å². The number of rotatable bonds is 5. The predicted octanol–water partition coefficient (Wildman–Crippen LogP) is 2.56. The van der Waals surface area contributed by atoms with E-state index in [2.05, 4.69) is 25.2 Å². The molecule has 0 aliphatic rings. The van der Waals surface area contributed by atoms with Gasteiger partial charge in [-0.3, -0.25) is 0 Å². The van der Waals surface area contributed by atoms with E-state index >= 15 is 0 Å². The van der Waals surface area contributed by atoms with Gasteiger partial charge in [0.05, 0.1) is 5.56 Å². The van der Waals surface area contributed by atoms with Crippen LogP contribution in [0.1, 0.15) is 5.89 Å². The topological polar surface area (TPSA) is 91.8 Å². The zero-order valence-corrected chi connectivity index (χ0v) is 12.5. The van der Waals surface area contributed by atoms with Crippen LogP contribution in [0, 0.1) is 0 Å². The molecule has 8 heteroatoms. The Kier molecular flexibility index (Phi) is 3.69. The molecule has 0 bridgehead atoms. The molecule has 0 aliphatic heterocycles. The van der Waals surface area contributed by atoms with Crippen molar-refractivity contribution in [3.05, 3.63) is 67.2 Å². The lowest BCUT2D eigenvalue weighted by Crippen LogP contribution is -2.00. The van der Waals surface area contributed by atoms with Gasteiger partial charge in [-0.15, -0.1) is 0 Å². The quantitative estimate of drug-likeness (QED) is 0.558. The average molecular weight is 320 g/mol. The number of pyridine rings is 1. The third-order valence-corrected chi connectivity index (χ3v) is 3.20. The normalized spacial score (nSPS) is 10.7. The van der Waals surface area contributed by atoms with Gasteiger partial charge in [-0.25, -0.2) is 14.6 Å². The summed E-state index contributed by atoms with van der Waals surface area (Å²) < 4.78 is 12.7.